The van der Waals surface area contributed by atoms with Crippen LogP contribution >= 0.6 is 0 Å². The minimum atomic E-state index is -1.03. The van der Waals surface area contributed by atoms with Crippen LogP contribution in [-0.4, -0.2) is 42.4 Å². The van der Waals surface area contributed by atoms with Crippen molar-refractivity contribution < 1.29 is 19.4 Å². The van der Waals surface area contributed by atoms with Gasteiger partial charge in [0.05, 0.1) is 12.6 Å². The lowest BCUT2D eigenvalue weighted by Gasteiger charge is -2.23. The van der Waals surface area contributed by atoms with Gasteiger partial charge in [-0.3, -0.25) is 0 Å². The number of carbonyl (C=O) groups excluding carboxylic acids is 1. The fraction of sp³-hybridized carbons (Fsp3) is 0.300. The Morgan fingerprint density at radius 1 is 1.12 bits per heavy atom. The van der Waals surface area contributed by atoms with Gasteiger partial charge >= 0.3 is 6.09 Å². The molecule has 1 aliphatic rings. The highest BCUT2D eigenvalue weighted by Crippen LogP contribution is 2.11. The minimum absolute atomic E-state index is 0.165. The van der Waals surface area contributed by atoms with E-state index >= 15 is 0 Å². The number of aliphatic imine (C=N–C) groups is 1. The zero-order valence-corrected chi connectivity index (χ0v) is 14.4. The first-order valence-corrected chi connectivity index (χ1v) is 8.59. The number of aliphatic hydroxyl groups excluding tert-OH is 1. The van der Waals surface area contributed by atoms with Crippen LogP contribution in [0.1, 0.15) is 11.1 Å². The highest BCUT2D eigenvalue weighted by atomic mass is 16.5. The number of nitrogens with zero attached hydrogens (tertiary/aromatic N) is 1. The van der Waals surface area contributed by atoms with Gasteiger partial charge in [-0.1, -0.05) is 60.7 Å². The first kappa shape index (κ1) is 17.9. The lowest BCUT2D eigenvalue weighted by molar-refractivity contribution is 0.116. The summed E-state index contributed by atoms with van der Waals surface area (Å²) in [6.45, 7) is 1.13. The predicted octanol–water partition coefficient (Wildman–Crippen LogP) is 2.31. The Labute approximate surface area is 152 Å². The fourth-order valence-corrected chi connectivity index (χ4v) is 2.73. The average Bonchev–Trinajstić information content (AvgIpc) is 3.22. The molecule has 2 aromatic rings. The molecular formula is C20H22N2O4. The van der Waals surface area contributed by atoms with Gasteiger partial charge in [-0.05, 0) is 17.5 Å². The molecule has 2 N–H and O–H groups in total. The molecule has 136 valence electrons. The van der Waals surface area contributed by atoms with E-state index in [1.807, 2.05) is 60.7 Å². The molecule has 0 spiro atoms. The molecule has 6 heteroatoms. The molecule has 0 bridgehead atoms. The van der Waals surface area contributed by atoms with Gasteiger partial charge in [0, 0.05) is 0 Å². The van der Waals surface area contributed by atoms with Gasteiger partial charge < -0.3 is 19.9 Å². The van der Waals surface area contributed by atoms with E-state index in [1.54, 1.807) is 0 Å². The van der Waals surface area contributed by atoms with Crippen molar-refractivity contribution in [2.45, 2.75) is 25.2 Å². The van der Waals surface area contributed by atoms with E-state index in [-0.39, 0.29) is 12.5 Å². The van der Waals surface area contributed by atoms with Crippen molar-refractivity contribution in [1.82, 2.24) is 5.32 Å². The first-order chi connectivity index (χ1) is 12.7. The molecule has 0 fully saturated rings. The maximum Gasteiger partial charge on any atom is 0.407 e. The van der Waals surface area contributed by atoms with Crippen LogP contribution in [0.3, 0.4) is 0 Å². The predicted molar refractivity (Wildman–Crippen MR) is 98.0 cm³/mol. The monoisotopic (exact) mass is 354 g/mol. The standard InChI is InChI=1S/C20H22N2O4/c23-18(19-21-11-12-25-19)17(13-15-7-3-1-4-8-15)22-20(24)26-14-16-9-5-2-6-10-16/h1-10,17-18,23H,11-14H2,(H,22,24). The van der Waals surface area contributed by atoms with Crippen LogP contribution in [0.25, 0.3) is 0 Å². The SMILES string of the molecule is O=C(NC(Cc1ccccc1)C(O)C1=NCCO1)OCc1ccccc1. The lowest BCUT2D eigenvalue weighted by Crippen LogP contribution is -2.48. The Morgan fingerprint density at radius 2 is 1.77 bits per heavy atom. The summed E-state index contributed by atoms with van der Waals surface area (Å²) in [4.78, 5) is 16.4. The Balaban J connectivity index is 1.63. The van der Waals surface area contributed by atoms with E-state index in [0.717, 1.165) is 11.1 Å². The fourth-order valence-electron chi connectivity index (χ4n) is 2.73. The number of carbonyl (C=O) groups is 1. The number of alkyl carbamates (subject to hydrolysis) is 1. The molecule has 1 amide bonds. The number of ether oxygens (including phenoxy) is 2. The van der Waals surface area contributed by atoms with Crippen molar-refractivity contribution in [3.8, 4) is 0 Å². The van der Waals surface area contributed by atoms with E-state index in [0.29, 0.717) is 19.6 Å². The average molecular weight is 354 g/mol. The number of nitrogens with one attached hydrogen (secondary N) is 1. The van der Waals surface area contributed by atoms with Gasteiger partial charge in [0.1, 0.15) is 19.3 Å². The third kappa shape index (κ3) is 5.07. The summed E-state index contributed by atoms with van der Waals surface area (Å²) < 4.78 is 10.6. The summed E-state index contributed by atoms with van der Waals surface area (Å²) in [5.74, 6) is 0.259. The highest BCUT2D eigenvalue weighted by molar-refractivity contribution is 5.83. The molecule has 0 saturated carbocycles. The summed E-state index contributed by atoms with van der Waals surface area (Å²) >= 11 is 0. The van der Waals surface area contributed by atoms with Crippen molar-refractivity contribution in [3.63, 3.8) is 0 Å². The summed E-state index contributed by atoms with van der Waals surface area (Å²) in [7, 11) is 0. The molecule has 1 heterocycles. The number of benzene rings is 2. The van der Waals surface area contributed by atoms with E-state index in [2.05, 4.69) is 10.3 Å². The van der Waals surface area contributed by atoms with Crippen molar-refractivity contribution in [2.24, 2.45) is 4.99 Å². The molecule has 2 unspecified atom stereocenters. The molecule has 6 nitrogen and oxygen atoms in total. The third-order valence-corrected chi connectivity index (χ3v) is 4.06. The molecule has 26 heavy (non-hydrogen) atoms. The highest BCUT2D eigenvalue weighted by Gasteiger charge is 2.29. The van der Waals surface area contributed by atoms with E-state index < -0.39 is 18.2 Å². The number of rotatable bonds is 7. The number of hydrogen-bond donors (Lipinski definition) is 2. The topological polar surface area (TPSA) is 80.2 Å². The second-order valence-electron chi connectivity index (χ2n) is 6.02. The molecule has 0 saturated heterocycles. The quantitative estimate of drug-likeness (QED) is 0.800. The number of amides is 1. The second kappa shape index (κ2) is 9.01. The smallest absolute Gasteiger partial charge is 0.407 e. The van der Waals surface area contributed by atoms with Crippen LogP contribution in [0, 0.1) is 0 Å². The summed E-state index contributed by atoms with van der Waals surface area (Å²) in [6, 6.07) is 18.4. The van der Waals surface area contributed by atoms with Gasteiger partial charge in [0.2, 0.25) is 5.90 Å². The van der Waals surface area contributed by atoms with Crippen LogP contribution in [0.2, 0.25) is 0 Å². The maximum atomic E-state index is 12.2. The van der Waals surface area contributed by atoms with Crippen molar-refractivity contribution >= 4 is 12.0 Å². The summed E-state index contributed by atoms with van der Waals surface area (Å²) in [5, 5.41) is 13.3. The van der Waals surface area contributed by atoms with E-state index in [4.69, 9.17) is 9.47 Å². The number of aliphatic hydroxyl groups is 1. The minimum Gasteiger partial charge on any atom is -0.477 e. The molecule has 0 aromatic heterocycles. The molecular weight excluding hydrogens is 332 g/mol. The van der Waals surface area contributed by atoms with Crippen LogP contribution in [0.4, 0.5) is 4.79 Å². The van der Waals surface area contributed by atoms with E-state index in [1.165, 1.54) is 0 Å². The zero-order chi connectivity index (χ0) is 18.2. The molecule has 1 aliphatic heterocycles. The summed E-state index contributed by atoms with van der Waals surface area (Å²) in [6.07, 6.45) is -1.18. The van der Waals surface area contributed by atoms with Crippen LogP contribution < -0.4 is 5.32 Å². The maximum absolute atomic E-state index is 12.2. The first-order valence-electron chi connectivity index (χ1n) is 8.59. The lowest BCUT2D eigenvalue weighted by atomic mass is 10.0. The molecule has 2 atom stereocenters. The Kier molecular flexibility index (Phi) is 6.22. The van der Waals surface area contributed by atoms with Crippen LogP contribution in [-0.2, 0) is 22.5 Å². The Bertz CT molecular complexity index is 734. The molecule has 2 aromatic carbocycles. The van der Waals surface area contributed by atoms with Gasteiger partial charge in [-0.2, -0.15) is 0 Å². The third-order valence-electron chi connectivity index (χ3n) is 4.06. The largest absolute Gasteiger partial charge is 0.477 e. The molecule has 0 aliphatic carbocycles. The van der Waals surface area contributed by atoms with Crippen molar-refractivity contribution in [1.29, 1.82) is 0 Å². The molecule has 3 rings (SSSR count). The normalized spacial score (nSPS) is 15.5. The van der Waals surface area contributed by atoms with Gasteiger partial charge in [-0.15, -0.1) is 0 Å². The second-order valence-corrected chi connectivity index (χ2v) is 6.02. The van der Waals surface area contributed by atoms with E-state index in [9.17, 15) is 9.90 Å². The summed E-state index contributed by atoms with van der Waals surface area (Å²) in [5.41, 5.74) is 1.88. The zero-order valence-electron chi connectivity index (χ0n) is 14.4. The number of hydrogen-bond acceptors (Lipinski definition) is 5. The van der Waals surface area contributed by atoms with Crippen LogP contribution in [0.15, 0.2) is 65.7 Å². The van der Waals surface area contributed by atoms with Gasteiger partial charge in [0.15, 0.2) is 0 Å². The van der Waals surface area contributed by atoms with Crippen molar-refractivity contribution in [3.05, 3.63) is 71.8 Å². The Morgan fingerprint density at radius 3 is 2.38 bits per heavy atom. The Hall–Kier alpha value is -2.86. The molecule has 0 radical (unpaired) electrons. The van der Waals surface area contributed by atoms with Gasteiger partial charge in [-0.25, -0.2) is 9.79 Å². The van der Waals surface area contributed by atoms with Crippen LogP contribution in [0.5, 0.6) is 0 Å². The van der Waals surface area contributed by atoms with Crippen molar-refractivity contribution in [2.75, 3.05) is 13.2 Å². The van der Waals surface area contributed by atoms with Gasteiger partial charge in [0.25, 0.3) is 0 Å².